The maximum Gasteiger partial charge on any atom is 0.230 e. The molecule has 2 nitrogen and oxygen atoms in total. The maximum absolute atomic E-state index is 12.4. The molecule has 1 amide bonds. The molecular formula is C22H25Cl2NOS. The monoisotopic (exact) mass is 421 g/mol. The van der Waals surface area contributed by atoms with E-state index in [2.05, 4.69) is 30.4 Å². The van der Waals surface area contributed by atoms with Crippen molar-refractivity contribution in [3.63, 3.8) is 0 Å². The second-order valence-electron chi connectivity index (χ2n) is 7.00. The van der Waals surface area contributed by atoms with Crippen molar-refractivity contribution >= 4 is 40.9 Å². The molecule has 0 spiro atoms. The molecule has 0 radical (unpaired) electrons. The summed E-state index contributed by atoms with van der Waals surface area (Å²) < 4.78 is 0. The molecule has 3 rings (SSSR count). The van der Waals surface area contributed by atoms with Gasteiger partial charge in [0.15, 0.2) is 0 Å². The number of thioether (sulfide) groups is 1. The SMILES string of the molecule is CC[C@H](NC(=O)CSCc1ccc(Cl)c(Cl)c1)c1ccc2c(c1)CCCC2. The molecular weight excluding hydrogens is 397 g/mol. The fourth-order valence-electron chi connectivity index (χ4n) is 3.52. The number of benzene rings is 2. The van der Waals surface area contributed by atoms with Crippen LogP contribution in [0.2, 0.25) is 10.0 Å². The summed E-state index contributed by atoms with van der Waals surface area (Å²) >= 11 is 13.6. The van der Waals surface area contributed by atoms with Gasteiger partial charge in [0, 0.05) is 5.75 Å². The number of fused-ring (bicyclic) bond motifs is 1. The Kier molecular flexibility index (Phi) is 7.51. The quantitative estimate of drug-likeness (QED) is 0.562. The minimum Gasteiger partial charge on any atom is -0.349 e. The summed E-state index contributed by atoms with van der Waals surface area (Å²) in [4.78, 5) is 12.4. The molecule has 0 bridgehead atoms. The molecule has 0 aromatic heterocycles. The molecule has 27 heavy (non-hydrogen) atoms. The van der Waals surface area contributed by atoms with Gasteiger partial charge in [0.1, 0.15) is 0 Å². The van der Waals surface area contributed by atoms with E-state index in [4.69, 9.17) is 23.2 Å². The number of aryl methyl sites for hydroxylation is 2. The lowest BCUT2D eigenvalue weighted by Crippen LogP contribution is -2.29. The van der Waals surface area contributed by atoms with Crippen LogP contribution in [0.15, 0.2) is 36.4 Å². The third-order valence-electron chi connectivity index (χ3n) is 5.00. The van der Waals surface area contributed by atoms with Crippen molar-refractivity contribution in [2.45, 2.75) is 50.8 Å². The van der Waals surface area contributed by atoms with Gasteiger partial charge in [-0.3, -0.25) is 4.79 Å². The molecule has 1 atom stereocenters. The van der Waals surface area contributed by atoms with Gasteiger partial charge in [0.25, 0.3) is 0 Å². The highest BCUT2D eigenvalue weighted by molar-refractivity contribution is 7.99. The standard InChI is InChI=1S/C22H25Cl2NOS/c1-2-21(18-9-8-16-5-3-4-6-17(16)12-18)25-22(26)14-27-13-15-7-10-19(23)20(24)11-15/h7-12,21H,2-6,13-14H2,1H3,(H,25,26)/t21-/m0/s1. The first kappa shape index (κ1) is 20.6. The number of amides is 1. The molecule has 0 heterocycles. The van der Waals surface area contributed by atoms with Gasteiger partial charge in [-0.1, -0.05) is 54.4 Å². The average molecular weight is 422 g/mol. The first-order valence-corrected chi connectivity index (χ1v) is 11.4. The van der Waals surface area contributed by atoms with Gasteiger partial charge < -0.3 is 5.32 Å². The van der Waals surface area contributed by atoms with Gasteiger partial charge in [0.2, 0.25) is 5.91 Å². The largest absolute Gasteiger partial charge is 0.349 e. The summed E-state index contributed by atoms with van der Waals surface area (Å²) in [6, 6.07) is 12.4. The highest BCUT2D eigenvalue weighted by Gasteiger charge is 2.16. The van der Waals surface area contributed by atoms with Gasteiger partial charge in [-0.05, 0) is 66.5 Å². The molecule has 0 fully saturated rings. The van der Waals surface area contributed by atoms with Crippen LogP contribution in [0, 0.1) is 0 Å². The lowest BCUT2D eigenvalue weighted by atomic mass is 9.89. The highest BCUT2D eigenvalue weighted by atomic mass is 35.5. The Hall–Kier alpha value is -1.16. The first-order valence-electron chi connectivity index (χ1n) is 9.49. The van der Waals surface area contributed by atoms with E-state index in [0.29, 0.717) is 15.8 Å². The van der Waals surface area contributed by atoms with Crippen molar-refractivity contribution in [3.8, 4) is 0 Å². The third kappa shape index (κ3) is 5.66. The Morgan fingerprint density at radius 1 is 1.07 bits per heavy atom. The molecule has 0 unspecified atom stereocenters. The Labute approximate surface area is 176 Å². The summed E-state index contributed by atoms with van der Waals surface area (Å²) in [6.07, 6.45) is 5.79. The Balaban J connectivity index is 1.53. The molecule has 0 saturated heterocycles. The van der Waals surface area contributed by atoms with Crippen molar-refractivity contribution in [1.29, 1.82) is 0 Å². The van der Waals surface area contributed by atoms with E-state index in [0.717, 1.165) is 24.2 Å². The minimum absolute atomic E-state index is 0.0737. The molecule has 2 aromatic carbocycles. The molecule has 2 aromatic rings. The lowest BCUT2D eigenvalue weighted by molar-refractivity contribution is -0.119. The third-order valence-corrected chi connectivity index (χ3v) is 6.75. The van der Waals surface area contributed by atoms with E-state index < -0.39 is 0 Å². The summed E-state index contributed by atoms with van der Waals surface area (Å²) in [7, 11) is 0. The molecule has 144 valence electrons. The normalized spacial score (nSPS) is 14.5. The predicted molar refractivity (Wildman–Crippen MR) is 117 cm³/mol. The van der Waals surface area contributed by atoms with E-state index in [9.17, 15) is 4.79 Å². The van der Waals surface area contributed by atoms with E-state index in [1.807, 2.05) is 12.1 Å². The van der Waals surface area contributed by atoms with Gasteiger partial charge >= 0.3 is 0 Å². The van der Waals surface area contributed by atoms with Crippen molar-refractivity contribution in [2.24, 2.45) is 0 Å². The Bertz CT molecular complexity index is 809. The van der Waals surface area contributed by atoms with Crippen molar-refractivity contribution < 1.29 is 4.79 Å². The van der Waals surface area contributed by atoms with Gasteiger partial charge in [0.05, 0.1) is 21.8 Å². The summed E-state index contributed by atoms with van der Waals surface area (Å²) in [5.41, 5.74) is 5.23. The molecule has 0 saturated carbocycles. The van der Waals surface area contributed by atoms with Crippen LogP contribution in [-0.2, 0) is 23.4 Å². The van der Waals surface area contributed by atoms with E-state index in [-0.39, 0.29) is 11.9 Å². The number of rotatable bonds is 7. The minimum atomic E-state index is 0.0737. The van der Waals surface area contributed by atoms with Crippen LogP contribution < -0.4 is 5.32 Å². The highest BCUT2D eigenvalue weighted by Crippen LogP contribution is 2.27. The number of hydrogen-bond acceptors (Lipinski definition) is 2. The maximum atomic E-state index is 12.4. The first-order chi connectivity index (χ1) is 13.1. The average Bonchev–Trinajstić information content (AvgIpc) is 2.68. The number of halogens is 2. The summed E-state index contributed by atoms with van der Waals surface area (Å²) in [5.74, 6) is 1.24. The topological polar surface area (TPSA) is 29.1 Å². The van der Waals surface area contributed by atoms with Gasteiger partial charge in [-0.25, -0.2) is 0 Å². The zero-order valence-electron chi connectivity index (χ0n) is 15.6. The number of carbonyl (C=O) groups is 1. The zero-order valence-corrected chi connectivity index (χ0v) is 17.9. The number of nitrogens with one attached hydrogen (secondary N) is 1. The van der Waals surface area contributed by atoms with E-state index in [1.54, 1.807) is 17.8 Å². The van der Waals surface area contributed by atoms with Gasteiger partial charge in [-0.2, -0.15) is 0 Å². The Morgan fingerprint density at radius 3 is 2.59 bits per heavy atom. The molecule has 1 aliphatic rings. The molecule has 0 aliphatic heterocycles. The predicted octanol–water partition coefficient (Wildman–Crippen LogP) is 6.37. The fourth-order valence-corrected chi connectivity index (χ4v) is 4.62. The van der Waals surface area contributed by atoms with Crippen LogP contribution in [0.5, 0.6) is 0 Å². The van der Waals surface area contributed by atoms with Crippen LogP contribution in [-0.4, -0.2) is 11.7 Å². The van der Waals surface area contributed by atoms with Crippen LogP contribution in [0.1, 0.15) is 54.5 Å². The van der Waals surface area contributed by atoms with E-state index >= 15 is 0 Å². The van der Waals surface area contributed by atoms with Crippen molar-refractivity contribution in [3.05, 3.63) is 68.7 Å². The Morgan fingerprint density at radius 2 is 1.85 bits per heavy atom. The second-order valence-corrected chi connectivity index (χ2v) is 8.80. The van der Waals surface area contributed by atoms with Crippen LogP contribution in [0.4, 0.5) is 0 Å². The molecule has 1 N–H and O–H groups in total. The molecule has 1 aliphatic carbocycles. The van der Waals surface area contributed by atoms with Crippen LogP contribution in [0.3, 0.4) is 0 Å². The smallest absolute Gasteiger partial charge is 0.230 e. The van der Waals surface area contributed by atoms with E-state index in [1.165, 1.54) is 36.0 Å². The van der Waals surface area contributed by atoms with Gasteiger partial charge in [-0.15, -0.1) is 11.8 Å². The second kappa shape index (κ2) is 9.86. The molecule has 5 heteroatoms. The van der Waals surface area contributed by atoms with Crippen molar-refractivity contribution in [1.82, 2.24) is 5.32 Å². The fraction of sp³-hybridized carbons (Fsp3) is 0.409. The van der Waals surface area contributed by atoms with Crippen LogP contribution >= 0.6 is 35.0 Å². The summed E-state index contributed by atoms with van der Waals surface area (Å²) in [5, 5.41) is 4.30. The van der Waals surface area contributed by atoms with Crippen LogP contribution in [0.25, 0.3) is 0 Å². The lowest BCUT2D eigenvalue weighted by Gasteiger charge is -2.21. The summed E-state index contributed by atoms with van der Waals surface area (Å²) in [6.45, 7) is 2.12. The van der Waals surface area contributed by atoms with Crippen molar-refractivity contribution in [2.75, 3.05) is 5.75 Å². The zero-order chi connectivity index (χ0) is 19.2. The number of carbonyl (C=O) groups excluding carboxylic acids is 1. The number of hydrogen-bond donors (Lipinski definition) is 1.